The Kier molecular flexibility index (Phi) is 2.76. The number of aliphatic carboxylic acids is 1. The maximum atomic E-state index is 10.7. The van der Waals surface area contributed by atoms with Gasteiger partial charge >= 0.3 is 5.97 Å². The molecule has 0 radical (unpaired) electrons. The van der Waals surface area contributed by atoms with Gasteiger partial charge in [0.15, 0.2) is 0 Å². The van der Waals surface area contributed by atoms with Gasteiger partial charge in [-0.15, -0.1) is 0 Å². The number of anilines is 1. The smallest absolute Gasteiger partial charge is 0.325 e. The van der Waals surface area contributed by atoms with Gasteiger partial charge in [0.1, 0.15) is 6.04 Å². The Morgan fingerprint density at radius 2 is 2.00 bits per heavy atom. The van der Waals surface area contributed by atoms with Gasteiger partial charge in [0.2, 0.25) is 0 Å². The summed E-state index contributed by atoms with van der Waals surface area (Å²) in [5.41, 5.74) is 14.0. The maximum Gasteiger partial charge on any atom is 0.325 e. The molecular weight excluding hydrogens is 180 g/mol. The van der Waals surface area contributed by atoms with Crippen molar-refractivity contribution in [1.82, 2.24) is 0 Å². The fraction of sp³-hybridized carbons (Fsp3) is 0.300. The van der Waals surface area contributed by atoms with E-state index in [-0.39, 0.29) is 0 Å². The zero-order chi connectivity index (χ0) is 10.9. The number of carbonyl (C=O) groups is 1. The fourth-order valence-corrected chi connectivity index (χ4v) is 1.40. The number of carboxylic acid groups (broad SMARTS) is 1. The lowest BCUT2D eigenvalue weighted by Crippen LogP contribution is -2.22. The average molecular weight is 194 g/mol. The van der Waals surface area contributed by atoms with E-state index in [0.29, 0.717) is 11.3 Å². The highest BCUT2D eigenvalue weighted by Crippen LogP contribution is 2.24. The molecular formula is C10H14N2O2. The predicted octanol–water partition coefficient (Wildman–Crippen LogP) is 0.970. The molecule has 0 amide bonds. The summed E-state index contributed by atoms with van der Waals surface area (Å²) in [6, 6.07) is 2.56. The molecule has 1 aromatic carbocycles. The Morgan fingerprint density at radius 1 is 1.43 bits per heavy atom. The number of nitrogen functional groups attached to an aromatic ring is 1. The van der Waals surface area contributed by atoms with Crippen LogP contribution in [0.5, 0.6) is 0 Å². The minimum Gasteiger partial charge on any atom is -0.480 e. The van der Waals surface area contributed by atoms with Crippen LogP contribution in [-0.2, 0) is 4.79 Å². The number of rotatable bonds is 2. The van der Waals surface area contributed by atoms with E-state index in [1.165, 1.54) is 0 Å². The van der Waals surface area contributed by atoms with E-state index in [1.54, 1.807) is 6.07 Å². The Balaban J connectivity index is 3.26. The number of carboxylic acids is 1. The molecule has 0 spiro atoms. The molecule has 0 aliphatic carbocycles. The first-order chi connectivity index (χ1) is 6.43. The third kappa shape index (κ3) is 1.85. The van der Waals surface area contributed by atoms with Gasteiger partial charge in [-0.1, -0.05) is 17.7 Å². The number of benzene rings is 1. The number of hydrogen-bond acceptors (Lipinski definition) is 3. The van der Waals surface area contributed by atoms with Crippen molar-refractivity contribution in [3.8, 4) is 0 Å². The second kappa shape index (κ2) is 3.67. The molecule has 0 saturated carbocycles. The van der Waals surface area contributed by atoms with Gasteiger partial charge in [-0.05, 0) is 19.4 Å². The quantitative estimate of drug-likeness (QED) is 0.612. The Hall–Kier alpha value is -1.55. The van der Waals surface area contributed by atoms with Crippen LogP contribution in [0.3, 0.4) is 0 Å². The molecule has 1 aromatic rings. The second-order valence-corrected chi connectivity index (χ2v) is 3.40. The first-order valence-corrected chi connectivity index (χ1v) is 4.28. The van der Waals surface area contributed by atoms with E-state index in [0.717, 1.165) is 11.1 Å². The van der Waals surface area contributed by atoms with Crippen LogP contribution < -0.4 is 11.5 Å². The summed E-state index contributed by atoms with van der Waals surface area (Å²) >= 11 is 0. The minimum absolute atomic E-state index is 0.463. The van der Waals surface area contributed by atoms with Gasteiger partial charge in [-0.25, -0.2) is 0 Å². The van der Waals surface area contributed by atoms with Crippen molar-refractivity contribution in [2.24, 2.45) is 5.73 Å². The van der Waals surface area contributed by atoms with Crippen LogP contribution >= 0.6 is 0 Å². The summed E-state index contributed by atoms with van der Waals surface area (Å²) in [6.45, 7) is 3.71. The fourth-order valence-electron chi connectivity index (χ4n) is 1.40. The number of aryl methyl sites for hydroxylation is 2. The highest BCUT2D eigenvalue weighted by molar-refractivity contribution is 5.78. The van der Waals surface area contributed by atoms with Crippen LogP contribution in [0.25, 0.3) is 0 Å². The van der Waals surface area contributed by atoms with Crippen molar-refractivity contribution in [3.05, 3.63) is 28.8 Å². The molecule has 0 aromatic heterocycles. The van der Waals surface area contributed by atoms with Crippen molar-refractivity contribution in [1.29, 1.82) is 0 Å². The summed E-state index contributed by atoms with van der Waals surface area (Å²) in [4.78, 5) is 10.7. The minimum atomic E-state index is -1.07. The molecule has 4 heteroatoms. The molecule has 76 valence electrons. The predicted molar refractivity (Wildman–Crippen MR) is 54.9 cm³/mol. The lowest BCUT2D eigenvalue weighted by atomic mass is 9.99. The molecule has 1 rings (SSSR count). The van der Waals surface area contributed by atoms with E-state index in [9.17, 15) is 4.79 Å². The zero-order valence-corrected chi connectivity index (χ0v) is 8.24. The molecule has 5 N–H and O–H groups in total. The molecule has 0 bridgehead atoms. The third-order valence-corrected chi connectivity index (χ3v) is 2.16. The first kappa shape index (κ1) is 10.5. The summed E-state index contributed by atoms with van der Waals surface area (Å²) in [6.07, 6.45) is 0. The van der Waals surface area contributed by atoms with E-state index in [2.05, 4.69) is 0 Å². The second-order valence-electron chi connectivity index (χ2n) is 3.40. The van der Waals surface area contributed by atoms with Gasteiger partial charge in [0.05, 0.1) is 0 Å². The van der Waals surface area contributed by atoms with Crippen LogP contribution in [0.2, 0.25) is 0 Å². The zero-order valence-electron chi connectivity index (χ0n) is 8.24. The molecule has 1 unspecified atom stereocenters. The molecule has 0 saturated heterocycles. The Labute approximate surface area is 82.5 Å². The van der Waals surface area contributed by atoms with Crippen molar-refractivity contribution in [2.45, 2.75) is 19.9 Å². The summed E-state index contributed by atoms with van der Waals surface area (Å²) < 4.78 is 0. The summed E-state index contributed by atoms with van der Waals surface area (Å²) in [7, 11) is 0. The molecule has 4 nitrogen and oxygen atoms in total. The number of nitrogens with two attached hydrogens (primary N) is 2. The SMILES string of the molecule is Cc1cc(C)c(N)c(C(N)C(=O)O)c1. The topological polar surface area (TPSA) is 89.3 Å². The Bertz CT molecular complexity index is 375. The Morgan fingerprint density at radius 3 is 2.50 bits per heavy atom. The van der Waals surface area contributed by atoms with Gasteiger partial charge in [0, 0.05) is 11.3 Å². The lowest BCUT2D eigenvalue weighted by molar-refractivity contribution is -0.138. The van der Waals surface area contributed by atoms with Gasteiger partial charge < -0.3 is 16.6 Å². The summed E-state index contributed by atoms with van der Waals surface area (Å²) in [5, 5.41) is 8.76. The molecule has 14 heavy (non-hydrogen) atoms. The molecule has 0 aliphatic heterocycles. The number of hydrogen-bond donors (Lipinski definition) is 3. The van der Waals surface area contributed by atoms with Crippen molar-refractivity contribution in [2.75, 3.05) is 5.73 Å². The lowest BCUT2D eigenvalue weighted by Gasteiger charge is -2.13. The van der Waals surface area contributed by atoms with E-state index in [1.807, 2.05) is 19.9 Å². The van der Waals surface area contributed by atoms with Crippen molar-refractivity contribution >= 4 is 11.7 Å². The molecule has 0 heterocycles. The highest BCUT2D eigenvalue weighted by atomic mass is 16.4. The molecule has 1 atom stereocenters. The normalized spacial score (nSPS) is 12.5. The van der Waals surface area contributed by atoms with Crippen LogP contribution in [0.4, 0.5) is 5.69 Å². The largest absolute Gasteiger partial charge is 0.480 e. The van der Waals surface area contributed by atoms with E-state index >= 15 is 0 Å². The van der Waals surface area contributed by atoms with Crippen LogP contribution in [0, 0.1) is 13.8 Å². The van der Waals surface area contributed by atoms with Gasteiger partial charge in [-0.2, -0.15) is 0 Å². The first-order valence-electron chi connectivity index (χ1n) is 4.28. The monoisotopic (exact) mass is 194 g/mol. The summed E-state index contributed by atoms with van der Waals surface area (Å²) in [5.74, 6) is -1.07. The standard InChI is InChI=1S/C10H14N2O2/c1-5-3-6(2)8(11)7(4-5)9(12)10(13)14/h3-4,9H,11-12H2,1-2H3,(H,13,14). The van der Waals surface area contributed by atoms with E-state index in [4.69, 9.17) is 16.6 Å². The third-order valence-electron chi connectivity index (χ3n) is 2.16. The van der Waals surface area contributed by atoms with Crippen molar-refractivity contribution in [3.63, 3.8) is 0 Å². The van der Waals surface area contributed by atoms with Gasteiger partial charge in [0.25, 0.3) is 0 Å². The van der Waals surface area contributed by atoms with Crippen LogP contribution in [-0.4, -0.2) is 11.1 Å². The van der Waals surface area contributed by atoms with Gasteiger partial charge in [-0.3, -0.25) is 4.79 Å². The van der Waals surface area contributed by atoms with Crippen LogP contribution in [0.15, 0.2) is 12.1 Å². The van der Waals surface area contributed by atoms with Crippen molar-refractivity contribution < 1.29 is 9.90 Å². The molecule has 0 fully saturated rings. The molecule has 0 aliphatic rings. The van der Waals surface area contributed by atoms with E-state index < -0.39 is 12.0 Å². The maximum absolute atomic E-state index is 10.7. The average Bonchev–Trinajstić information content (AvgIpc) is 2.09. The van der Waals surface area contributed by atoms with Crippen LogP contribution in [0.1, 0.15) is 22.7 Å². The highest BCUT2D eigenvalue weighted by Gasteiger charge is 2.18.